The number of rotatable bonds is 2. The molecule has 2 N–H and O–H groups in total. The van der Waals surface area contributed by atoms with E-state index in [2.05, 4.69) is 0 Å². The number of halogens is 4. The van der Waals surface area contributed by atoms with Gasteiger partial charge in [-0.05, 0) is 12.8 Å². The molecular weight excluding hydrogens is 162 g/mol. The van der Waals surface area contributed by atoms with Gasteiger partial charge in [-0.1, -0.05) is 0 Å². The first-order valence-electron chi connectivity index (χ1n) is 3.37. The van der Waals surface area contributed by atoms with E-state index in [1.807, 2.05) is 0 Å². The van der Waals surface area contributed by atoms with Crippen molar-refractivity contribution in [1.82, 2.24) is 0 Å². The van der Waals surface area contributed by atoms with Crippen LogP contribution in [-0.4, -0.2) is 18.4 Å². The van der Waals surface area contributed by atoms with Gasteiger partial charge in [0.25, 0.3) is 0 Å². The molecule has 0 heterocycles. The van der Waals surface area contributed by atoms with E-state index in [0.29, 0.717) is 12.8 Å². The van der Waals surface area contributed by atoms with Gasteiger partial charge in [-0.3, -0.25) is 0 Å². The van der Waals surface area contributed by atoms with E-state index in [1.165, 1.54) is 0 Å². The first-order chi connectivity index (χ1) is 4.92. The molecule has 0 bridgehead atoms. The fourth-order valence-electron chi connectivity index (χ4n) is 1.05. The van der Waals surface area contributed by atoms with Crippen LogP contribution in [0.5, 0.6) is 0 Å². The Hall–Kier alpha value is -0.320. The second kappa shape index (κ2) is 2.33. The molecular formula is C6H9F4N. The van der Waals surface area contributed by atoms with Gasteiger partial charge in [-0.25, -0.2) is 4.39 Å². The minimum Gasteiger partial charge on any atom is -0.327 e. The zero-order valence-corrected chi connectivity index (χ0v) is 5.79. The minimum absolute atomic E-state index is 0.299. The zero-order valence-electron chi connectivity index (χ0n) is 5.79. The minimum atomic E-state index is -4.80. The monoisotopic (exact) mass is 171 g/mol. The van der Waals surface area contributed by atoms with E-state index < -0.39 is 24.3 Å². The van der Waals surface area contributed by atoms with Crippen LogP contribution in [0.1, 0.15) is 12.8 Å². The number of alkyl halides is 4. The summed E-state index contributed by atoms with van der Waals surface area (Å²) in [6.45, 7) is -0.957. The third kappa shape index (κ3) is 1.34. The maximum Gasteiger partial charge on any atom is 0.424 e. The van der Waals surface area contributed by atoms with Gasteiger partial charge in [0, 0.05) is 12.5 Å². The van der Waals surface area contributed by atoms with Crippen molar-refractivity contribution < 1.29 is 17.6 Å². The molecule has 0 aliphatic heterocycles. The third-order valence-corrected chi connectivity index (χ3v) is 1.99. The second-order valence-electron chi connectivity index (χ2n) is 2.84. The lowest BCUT2D eigenvalue weighted by molar-refractivity contribution is -0.234. The topological polar surface area (TPSA) is 26.0 Å². The molecule has 0 aromatic rings. The lowest BCUT2D eigenvalue weighted by Gasteiger charge is -2.25. The largest absolute Gasteiger partial charge is 0.424 e. The molecule has 1 atom stereocenters. The predicted molar refractivity (Wildman–Crippen MR) is 31.7 cm³/mol. The fraction of sp³-hybridized carbons (Fsp3) is 1.00. The summed E-state index contributed by atoms with van der Waals surface area (Å²) in [5.74, 6) is -0.896. The third-order valence-electron chi connectivity index (χ3n) is 1.99. The number of hydrogen-bond donors (Lipinski definition) is 1. The van der Waals surface area contributed by atoms with Crippen LogP contribution >= 0.6 is 0 Å². The smallest absolute Gasteiger partial charge is 0.327 e. The van der Waals surface area contributed by atoms with Crippen molar-refractivity contribution in [3.05, 3.63) is 0 Å². The van der Waals surface area contributed by atoms with E-state index in [9.17, 15) is 17.6 Å². The Morgan fingerprint density at radius 1 is 1.18 bits per heavy atom. The quantitative estimate of drug-likeness (QED) is 0.628. The SMILES string of the molecule is NCC(F)(C1CC1)C(F)(F)F. The molecule has 0 aromatic heterocycles. The molecule has 66 valence electrons. The predicted octanol–water partition coefficient (Wildman–Crippen LogP) is 1.63. The van der Waals surface area contributed by atoms with Crippen LogP contribution < -0.4 is 5.73 Å². The van der Waals surface area contributed by atoms with E-state index in [1.54, 1.807) is 0 Å². The molecule has 1 rings (SSSR count). The van der Waals surface area contributed by atoms with Crippen molar-refractivity contribution in [2.75, 3.05) is 6.54 Å². The standard InChI is InChI=1S/C6H9F4N/c7-5(3-11,4-1-2-4)6(8,9)10/h4H,1-3,11H2. The highest BCUT2D eigenvalue weighted by molar-refractivity contribution is 5.00. The van der Waals surface area contributed by atoms with Crippen molar-refractivity contribution in [3.63, 3.8) is 0 Å². The highest BCUT2D eigenvalue weighted by Gasteiger charge is 2.62. The summed E-state index contributed by atoms with van der Waals surface area (Å²) in [4.78, 5) is 0. The lowest BCUT2D eigenvalue weighted by Crippen LogP contribution is -2.49. The van der Waals surface area contributed by atoms with Crippen molar-refractivity contribution in [2.24, 2.45) is 11.7 Å². The van der Waals surface area contributed by atoms with Gasteiger partial charge in [-0.2, -0.15) is 13.2 Å². The molecule has 0 aromatic carbocycles. The van der Waals surface area contributed by atoms with Gasteiger partial charge in [0.1, 0.15) is 0 Å². The maximum atomic E-state index is 13.0. The molecule has 1 unspecified atom stereocenters. The van der Waals surface area contributed by atoms with Gasteiger partial charge in [-0.15, -0.1) is 0 Å². The van der Waals surface area contributed by atoms with Gasteiger partial charge in [0.15, 0.2) is 0 Å². The molecule has 0 saturated heterocycles. The molecule has 0 spiro atoms. The Morgan fingerprint density at radius 2 is 1.64 bits per heavy atom. The summed E-state index contributed by atoms with van der Waals surface area (Å²) in [6, 6.07) is 0. The Bertz CT molecular complexity index is 151. The van der Waals surface area contributed by atoms with Crippen molar-refractivity contribution in [1.29, 1.82) is 0 Å². The molecule has 0 radical (unpaired) electrons. The van der Waals surface area contributed by atoms with Crippen molar-refractivity contribution in [2.45, 2.75) is 24.7 Å². The Morgan fingerprint density at radius 3 is 1.73 bits per heavy atom. The fourth-order valence-corrected chi connectivity index (χ4v) is 1.05. The van der Waals surface area contributed by atoms with Crippen molar-refractivity contribution >= 4 is 0 Å². The Balaban J connectivity index is 2.73. The van der Waals surface area contributed by atoms with E-state index in [4.69, 9.17) is 5.73 Å². The molecule has 1 aliphatic carbocycles. The zero-order chi connectivity index (χ0) is 8.70. The summed E-state index contributed by atoms with van der Waals surface area (Å²) >= 11 is 0. The van der Waals surface area contributed by atoms with Gasteiger partial charge in [0.05, 0.1) is 0 Å². The molecule has 5 heteroatoms. The molecule has 11 heavy (non-hydrogen) atoms. The molecule has 1 aliphatic rings. The summed E-state index contributed by atoms with van der Waals surface area (Å²) in [5, 5.41) is 0. The molecule has 1 fully saturated rings. The second-order valence-corrected chi connectivity index (χ2v) is 2.84. The van der Waals surface area contributed by atoms with Crippen LogP contribution in [0.4, 0.5) is 17.6 Å². The first kappa shape index (κ1) is 8.77. The first-order valence-corrected chi connectivity index (χ1v) is 3.37. The maximum absolute atomic E-state index is 13.0. The average molecular weight is 171 g/mol. The Labute approximate surface area is 61.6 Å². The normalized spacial score (nSPS) is 24.8. The van der Waals surface area contributed by atoms with Gasteiger partial charge in [0.2, 0.25) is 5.67 Å². The number of nitrogens with two attached hydrogens (primary N) is 1. The summed E-state index contributed by atoms with van der Waals surface area (Å²) in [5.41, 5.74) is 1.61. The van der Waals surface area contributed by atoms with Gasteiger partial charge >= 0.3 is 6.18 Å². The van der Waals surface area contributed by atoms with Crippen molar-refractivity contribution in [3.8, 4) is 0 Å². The Kier molecular flexibility index (Phi) is 1.86. The average Bonchev–Trinajstić information content (AvgIpc) is 2.64. The number of hydrogen-bond acceptors (Lipinski definition) is 1. The highest BCUT2D eigenvalue weighted by atomic mass is 19.4. The van der Waals surface area contributed by atoms with E-state index in [-0.39, 0.29) is 0 Å². The summed E-state index contributed by atoms with van der Waals surface area (Å²) in [7, 11) is 0. The van der Waals surface area contributed by atoms with Crippen LogP contribution in [0.3, 0.4) is 0 Å². The van der Waals surface area contributed by atoms with Crippen LogP contribution in [0, 0.1) is 5.92 Å². The van der Waals surface area contributed by atoms with Crippen LogP contribution in [-0.2, 0) is 0 Å². The molecule has 1 nitrogen and oxygen atoms in total. The lowest BCUT2D eigenvalue weighted by atomic mass is 10.00. The summed E-state index contributed by atoms with van der Waals surface area (Å²) in [6.07, 6.45) is -4.21. The van der Waals surface area contributed by atoms with E-state index >= 15 is 0 Å². The van der Waals surface area contributed by atoms with Crippen LogP contribution in [0.2, 0.25) is 0 Å². The van der Waals surface area contributed by atoms with Crippen LogP contribution in [0.25, 0.3) is 0 Å². The highest BCUT2D eigenvalue weighted by Crippen LogP contribution is 2.50. The van der Waals surface area contributed by atoms with Gasteiger partial charge < -0.3 is 5.73 Å². The van der Waals surface area contributed by atoms with Crippen LogP contribution in [0.15, 0.2) is 0 Å². The summed E-state index contributed by atoms with van der Waals surface area (Å²) < 4.78 is 48.8. The van der Waals surface area contributed by atoms with E-state index in [0.717, 1.165) is 0 Å². The molecule has 0 amide bonds. The molecule has 1 saturated carbocycles.